The second-order valence-corrected chi connectivity index (χ2v) is 7.47. The molecule has 0 saturated heterocycles. The van der Waals surface area contributed by atoms with Crippen LogP contribution in [0.15, 0.2) is 48.5 Å². The molecule has 1 aliphatic heterocycles. The molecule has 3 aromatic carbocycles. The first-order chi connectivity index (χ1) is 15.0. The highest BCUT2D eigenvalue weighted by Gasteiger charge is 2.36. The van der Waals surface area contributed by atoms with Gasteiger partial charge in [-0.15, -0.1) is 0 Å². The van der Waals surface area contributed by atoms with Crippen molar-refractivity contribution in [1.82, 2.24) is 0 Å². The van der Waals surface area contributed by atoms with Gasteiger partial charge in [0.15, 0.2) is 0 Å². The highest BCUT2D eigenvalue weighted by Crippen LogP contribution is 2.46. The summed E-state index contributed by atoms with van der Waals surface area (Å²) < 4.78 is 12.0. The molecular weight excluding hydrogens is 394 g/mol. The number of anilines is 1. The molecule has 0 saturated carbocycles. The van der Waals surface area contributed by atoms with Gasteiger partial charge in [0.05, 0.1) is 31.2 Å². The lowest BCUT2D eigenvalue weighted by Crippen LogP contribution is -2.23. The molecule has 0 aliphatic carbocycles. The number of carbonyl (C=O) groups excluding carboxylic acids is 1. The summed E-state index contributed by atoms with van der Waals surface area (Å²) in [6.45, 7) is 6.76. The summed E-state index contributed by atoms with van der Waals surface area (Å²) in [6.07, 6.45) is 0. The number of fused-ring (bicyclic) bond motifs is 2. The van der Waals surface area contributed by atoms with Crippen molar-refractivity contribution < 1.29 is 24.2 Å². The van der Waals surface area contributed by atoms with Crippen LogP contribution in [0.1, 0.15) is 48.2 Å². The van der Waals surface area contributed by atoms with Gasteiger partial charge >= 0.3 is 5.97 Å². The topological polar surface area (TPSA) is 76.1 Å². The van der Waals surface area contributed by atoms with E-state index in [4.69, 9.17) is 9.47 Å². The fourth-order valence-electron chi connectivity index (χ4n) is 4.07. The van der Waals surface area contributed by atoms with Gasteiger partial charge in [-0.2, -0.15) is 0 Å². The van der Waals surface area contributed by atoms with E-state index in [1.54, 1.807) is 36.1 Å². The van der Waals surface area contributed by atoms with E-state index in [0.717, 1.165) is 16.3 Å². The van der Waals surface area contributed by atoms with Gasteiger partial charge < -0.3 is 19.5 Å². The van der Waals surface area contributed by atoms with Crippen LogP contribution in [0.4, 0.5) is 5.69 Å². The zero-order valence-electron chi connectivity index (χ0n) is 17.8. The number of hydrogen-bond acceptors (Lipinski definition) is 4. The molecule has 0 aromatic heterocycles. The second-order valence-electron chi connectivity index (χ2n) is 7.47. The van der Waals surface area contributed by atoms with Crippen LogP contribution < -0.4 is 14.4 Å². The van der Waals surface area contributed by atoms with Crippen LogP contribution in [0.3, 0.4) is 0 Å². The lowest BCUT2D eigenvalue weighted by Gasteiger charge is -2.17. The molecule has 0 fully saturated rings. The van der Waals surface area contributed by atoms with Crippen LogP contribution in [0, 0.1) is 0 Å². The summed E-state index contributed by atoms with van der Waals surface area (Å²) in [7, 11) is 0. The standard InChI is InChI=1S/C25H25NO5/c1-4-30-22-18-8-6-7-9-19(18)23(31-5-2)21-20(22)14-26(24(21)27)17-12-10-16(11-13-17)15(3)25(28)29/h6-13,15H,4-5,14H2,1-3H3,(H,28,29). The zero-order chi connectivity index (χ0) is 22.1. The van der Waals surface area contributed by atoms with Gasteiger partial charge in [0.25, 0.3) is 5.91 Å². The molecule has 1 aliphatic rings. The van der Waals surface area contributed by atoms with Gasteiger partial charge in [0.2, 0.25) is 0 Å². The molecule has 160 valence electrons. The number of carbonyl (C=O) groups is 2. The van der Waals surface area contributed by atoms with Crippen molar-refractivity contribution in [3.05, 3.63) is 65.2 Å². The Labute approximate surface area is 181 Å². The zero-order valence-corrected chi connectivity index (χ0v) is 17.8. The molecule has 0 spiro atoms. The summed E-state index contributed by atoms with van der Waals surface area (Å²) in [5, 5.41) is 11.0. The predicted molar refractivity (Wildman–Crippen MR) is 119 cm³/mol. The minimum Gasteiger partial charge on any atom is -0.493 e. The van der Waals surface area contributed by atoms with E-state index in [1.165, 1.54) is 0 Å². The average molecular weight is 419 g/mol. The fourth-order valence-corrected chi connectivity index (χ4v) is 4.07. The molecule has 0 radical (unpaired) electrons. The van der Waals surface area contributed by atoms with Crippen molar-refractivity contribution in [2.24, 2.45) is 0 Å². The van der Waals surface area contributed by atoms with E-state index < -0.39 is 11.9 Å². The smallest absolute Gasteiger partial charge is 0.310 e. The number of ether oxygens (including phenoxy) is 2. The number of amides is 1. The first-order valence-electron chi connectivity index (χ1n) is 10.5. The van der Waals surface area contributed by atoms with Crippen LogP contribution in [0.25, 0.3) is 10.8 Å². The minimum atomic E-state index is -0.883. The van der Waals surface area contributed by atoms with E-state index in [9.17, 15) is 14.7 Å². The Morgan fingerprint density at radius 3 is 2.16 bits per heavy atom. The molecule has 4 rings (SSSR count). The minimum absolute atomic E-state index is 0.149. The number of carboxylic acids is 1. The van der Waals surface area contributed by atoms with Gasteiger partial charge in [0.1, 0.15) is 11.5 Å². The van der Waals surface area contributed by atoms with E-state index in [1.807, 2.05) is 38.1 Å². The van der Waals surface area contributed by atoms with Gasteiger partial charge in [-0.25, -0.2) is 0 Å². The van der Waals surface area contributed by atoms with Crippen molar-refractivity contribution in [3.8, 4) is 11.5 Å². The average Bonchev–Trinajstić information content (AvgIpc) is 3.12. The number of hydrogen-bond donors (Lipinski definition) is 1. The molecule has 1 unspecified atom stereocenters. The Morgan fingerprint density at radius 2 is 1.58 bits per heavy atom. The van der Waals surface area contributed by atoms with E-state index in [0.29, 0.717) is 48.1 Å². The van der Waals surface area contributed by atoms with Crippen LogP contribution in [0.5, 0.6) is 11.5 Å². The molecule has 3 aromatic rings. The summed E-state index contributed by atoms with van der Waals surface area (Å²) >= 11 is 0. The van der Waals surface area contributed by atoms with Crippen LogP contribution >= 0.6 is 0 Å². The molecule has 6 nitrogen and oxygen atoms in total. The summed E-state index contributed by atoms with van der Waals surface area (Å²) in [5.41, 5.74) is 2.75. The highest BCUT2D eigenvalue weighted by molar-refractivity contribution is 6.16. The largest absolute Gasteiger partial charge is 0.493 e. The first-order valence-corrected chi connectivity index (χ1v) is 10.5. The Kier molecular flexibility index (Phi) is 5.55. The summed E-state index contributed by atoms with van der Waals surface area (Å²) in [5.74, 6) is -0.348. The van der Waals surface area contributed by atoms with E-state index >= 15 is 0 Å². The first kappa shape index (κ1) is 20.7. The molecular formula is C25H25NO5. The number of carboxylic acid groups (broad SMARTS) is 1. The quantitative estimate of drug-likeness (QED) is 0.584. The fraction of sp³-hybridized carbons (Fsp3) is 0.280. The molecule has 1 heterocycles. The number of rotatable bonds is 7. The Hall–Kier alpha value is -3.54. The Morgan fingerprint density at radius 1 is 1.00 bits per heavy atom. The lowest BCUT2D eigenvalue weighted by molar-refractivity contribution is -0.138. The van der Waals surface area contributed by atoms with Crippen molar-refractivity contribution in [2.75, 3.05) is 18.1 Å². The molecule has 1 amide bonds. The predicted octanol–water partition coefficient (Wildman–Crippen LogP) is 4.99. The second kappa shape index (κ2) is 8.30. The van der Waals surface area contributed by atoms with Crippen molar-refractivity contribution >= 4 is 28.3 Å². The SMILES string of the molecule is CCOc1c2c(c(OCC)c3ccccc13)C(=O)N(c1ccc(C(C)C(=O)O)cc1)C2. The molecule has 6 heteroatoms. The van der Waals surface area contributed by atoms with E-state index in [2.05, 4.69) is 0 Å². The summed E-state index contributed by atoms with van der Waals surface area (Å²) in [4.78, 5) is 26.5. The maximum absolute atomic E-state index is 13.5. The van der Waals surface area contributed by atoms with Gasteiger partial charge in [0, 0.05) is 22.0 Å². The maximum atomic E-state index is 13.5. The number of nitrogens with zero attached hydrogens (tertiary/aromatic N) is 1. The van der Waals surface area contributed by atoms with Crippen molar-refractivity contribution in [2.45, 2.75) is 33.2 Å². The van der Waals surface area contributed by atoms with Crippen LogP contribution in [0.2, 0.25) is 0 Å². The van der Waals surface area contributed by atoms with Crippen molar-refractivity contribution in [1.29, 1.82) is 0 Å². The molecule has 0 bridgehead atoms. The van der Waals surface area contributed by atoms with Crippen LogP contribution in [-0.2, 0) is 11.3 Å². The van der Waals surface area contributed by atoms with E-state index in [-0.39, 0.29) is 5.91 Å². The third kappa shape index (κ3) is 3.48. The lowest BCUT2D eigenvalue weighted by atomic mass is 9.99. The maximum Gasteiger partial charge on any atom is 0.310 e. The molecule has 31 heavy (non-hydrogen) atoms. The Balaban J connectivity index is 1.82. The Bertz CT molecular complexity index is 1150. The highest BCUT2D eigenvalue weighted by atomic mass is 16.5. The normalized spacial score (nSPS) is 13.9. The van der Waals surface area contributed by atoms with Crippen molar-refractivity contribution in [3.63, 3.8) is 0 Å². The molecule has 1 atom stereocenters. The van der Waals surface area contributed by atoms with Crippen LogP contribution in [-0.4, -0.2) is 30.2 Å². The number of aliphatic carboxylic acids is 1. The number of benzene rings is 3. The third-order valence-electron chi connectivity index (χ3n) is 5.65. The van der Waals surface area contributed by atoms with Gasteiger partial charge in [-0.1, -0.05) is 36.4 Å². The molecule has 1 N–H and O–H groups in total. The van der Waals surface area contributed by atoms with Gasteiger partial charge in [-0.05, 0) is 38.5 Å². The van der Waals surface area contributed by atoms with Gasteiger partial charge in [-0.3, -0.25) is 9.59 Å². The third-order valence-corrected chi connectivity index (χ3v) is 5.65. The monoisotopic (exact) mass is 419 g/mol. The summed E-state index contributed by atoms with van der Waals surface area (Å²) in [6, 6.07) is 14.9.